The Balaban J connectivity index is 1.69. The fourth-order valence-electron chi connectivity index (χ4n) is 3.02. The lowest BCUT2D eigenvalue weighted by Crippen LogP contribution is -2.23. The van der Waals surface area contributed by atoms with E-state index in [9.17, 15) is 14.9 Å². The lowest BCUT2D eigenvalue weighted by molar-refractivity contribution is -0.115. The third-order valence-corrected chi connectivity index (χ3v) is 5.60. The van der Waals surface area contributed by atoms with E-state index in [1.54, 1.807) is 54.8 Å². The van der Waals surface area contributed by atoms with Crippen molar-refractivity contribution in [2.24, 2.45) is 7.05 Å². The summed E-state index contributed by atoms with van der Waals surface area (Å²) in [5, 5.41) is 20.8. The average molecular weight is 404 g/mol. The first-order valence-corrected chi connectivity index (χ1v) is 9.68. The maximum Gasteiger partial charge on any atom is 0.262 e. The van der Waals surface area contributed by atoms with Gasteiger partial charge in [0.15, 0.2) is 5.16 Å². The van der Waals surface area contributed by atoms with Crippen LogP contribution in [0.5, 0.6) is 0 Å². The van der Waals surface area contributed by atoms with Crippen molar-refractivity contribution in [3.05, 3.63) is 64.4 Å². The predicted octanol–water partition coefficient (Wildman–Crippen LogP) is 2.57. The Labute approximate surface area is 169 Å². The lowest BCUT2D eigenvalue weighted by Gasteiger charge is -2.12. The largest absolute Gasteiger partial charge is 0.324 e. The van der Waals surface area contributed by atoms with E-state index in [1.807, 2.05) is 12.1 Å². The molecule has 0 aliphatic carbocycles. The number of hydrogen-bond donors (Lipinski definition) is 1. The van der Waals surface area contributed by atoms with E-state index in [1.165, 1.54) is 16.3 Å². The van der Waals surface area contributed by atoms with Crippen molar-refractivity contribution >= 4 is 40.0 Å². The second-order valence-electron chi connectivity index (χ2n) is 6.41. The highest BCUT2D eigenvalue weighted by molar-refractivity contribution is 8.00. The minimum absolute atomic E-state index is 0.157. The summed E-state index contributed by atoms with van der Waals surface area (Å²) in [6.45, 7) is 1.75. The van der Waals surface area contributed by atoms with Gasteiger partial charge in [-0.2, -0.15) is 5.26 Å². The highest BCUT2D eigenvalue weighted by Gasteiger charge is 2.21. The third kappa shape index (κ3) is 3.23. The van der Waals surface area contributed by atoms with E-state index in [2.05, 4.69) is 21.6 Å². The Morgan fingerprint density at radius 2 is 1.90 bits per heavy atom. The Hall–Kier alpha value is -3.64. The van der Waals surface area contributed by atoms with Gasteiger partial charge < -0.3 is 5.32 Å². The van der Waals surface area contributed by atoms with Gasteiger partial charge >= 0.3 is 0 Å². The third-order valence-electron chi connectivity index (χ3n) is 4.55. The van der Waals surface area contributed by atoms with Crippen molar-refractivity contribution in [3.8, 4) is 6.07 Å². The van der Waals surface area contributed by atoms with Crippen LogP contribution in [0.25, 0.3) is 16.7 Å². The molecule has 4 rings (SSSR count). The second-order valence-corrected chi connectivity index (χ2v) is 7.71. The highest BCUT2D eigenvalue weighted by atomic mass is 32.2. The van der Waals surface area contributed by atoms with Gasteiger partial charge in [-0.15, -0.1) is 10.2 Å². The van der Waals surface area contributed by atoms with Crippen LogP contribution >= 0.6 is 11.8 Å². The van der Waals surface area contributed by atoms with E-state index >= 15 is 0 Å². The fourth-order valence-corrected chi connectivity index (χ4v) is 3.88. The van der Waals surface area contributed by atoms with Crippen molar-refractivity contribution in [2.45, 2.75) is 17.3 Å². The van der Waals surface area contributed by atoms with Gasteiger partial charge in [0.1, 0.15) is 6.07 Å². The summed E-state index contributed by atoms with van der Waals surface area (Å²) in [4.78, 5) is 25.2. The molecule has 0 saturated carbocycles. The van der Waals surface area contributed by atoms with E-state index in [4.69, 9.17) is 0 Å². The fraction of sp³-hybridized carbons (Fsp3) is 0.150. The highest BCUT2D eigenvalue weighted by Crippen LogP contribution is 2.26. The number of fused-ring (bicyclic) bond motifs is 3. The zero-order chi connectivity index (χ0) is 20.5. The van der Waals surface area contributed by atoms with Crippen LogP contribution in [0.15, 0.2) is 58.5 Å². The van der Waals surface area contributed by atoms with Gasteiger partial charge in [0.25, 0.3) is 5.56 Å². The first-order valence-electron chi connectivity index (χ1n) is 8.80. The van der Waals surface area contributed by atoms with Crippen LogP contribution in [0.2, 0.25) is 0 Å². The number of rotatable bonds is 4. The molecule has 9 heteroatoms. The van der Waals surface area contributed by atoms with Crippen molar-refractivity contribution in [1.29, 1.82) is 5.26 Å². The van der Waals surface area contributed by atoms with Crippen molar-refractivity contribution in [2.75, 3.05) is 5.32 Å². The SMILES string of the molecule is C[C@@H](Sc1nnc2n(C)c(=O)c3ccccc3n12)C(=O)Nc1ccccc1C#N. The number of aromatic nitrogens is 4. The van der Waals surface area contributed by atoms with Gasteiger partial charge in [-0.1, -0.05) is 36.0 Å². The summed E-state index contributed by atoms with van der Waals surface area (Å²) in [6.07, 6.45) is 0. The number of aryl methyl sites for hydroxylation is 1. The molecule has 0 unspecified atom stereocenters. The number of nitrogens with zero attached hydrogens (tertiary/aromatic N) is 5. The molecule has 0 saturated heterocycles. The molecule has 0 bridgehead atoms. The Morgan fingerprint density at radius 1 is 1.17 bits per heavy atom. The molecule has 2 aromatic carbocycles. The first-order chi connectivity index (χ1) is 14.0. The first kappa shape index (κ1) is 18.7. The standard InChI is InChI=1S/C20H16N6O2S/c1-12(17(27)22-15-9-5-3-7-13(15)11-21)29-20-24-23-19-25(2)18(28)14-8-4-6-10-16(14)26(19)20/h3-10,12H,1-2H3,(H,22,27)/t12-/m1/s1. The number of thioether (sulfide) groups is 1. The molecule has 0 aliphatic heterocycles. The van der Waals surface area contributed by atoms with E-state index in [-0.39, 0.29) is 11.5 Å². The number of carbonyl (C=O) groups is 1. The Morgan fingerprint density at radius 3 is 2.69 bits per heavy atom. The number of nitriles is 1. The molecule has 1 atom stereocenters. The second kappa shape index (κ2) is 7.41. The van der Waals surface area contributed by atoms with Gasteiger partial charge in [-0.3, -0.25) is 18.6 Å². The van der Waals surface area contributed by atoms with Gasteiger partial charge in [0.05, 0.1) is 27.4 Å². The van der Waals surface area contributed by atoms with Crippen LogP contribution in [0.1, 0.15) is 12.5 Å². The minimum Gasteiger partial charge on any atom is -0.324 e. The smallest absolute Gasteiger partial charge is 0.262 e. The maximum absolute atomic E-state index is 12.7. The zero-order valence-corrected chi connectivity index (χ0v) is 16.5. The molecule has 0 spiro atoms. The molecule has 8 nitrogen and oxygen atoms in total. The molecule has 0 aliphatic rings. The molecule has 0 radical (unpaired) electrons. The number of carbonyl (C=O) groups excluding carboxylic acids is 1. The number of anilines is 1. The molecule has 4 aromatic rings. The molecular formula is C20H16N6O2S. The number of hydrogen-bond acceptors (Lipinski definition) is 6. The molecular weight excluding hydrogens is 388 g/mol. The van der Waals surface area contributed by atoms with E-state index in [0.717, 1.165) is 0 Å². The number of benzene rings is 2. The van der Waals surface area contributed by atoms with Crippen molar-refractivity contribution in [3.63, 3.8) is 0 Å². The average Bonchev–Trinajstić information content (AvgIpc) is 3.16. The van der Waals surface area contributed by atoms with Crippen LogP contribution in [-0.4, -0.2) is 30.3 Å². The number of para-hydroxylation sites is 2. The van der Waals surface area contributed by atoms with Gasteiger partial charge in [0, 0.05) is 7.05 Å². The summed E-state index contributed by atoms with van der Waals surface area (Å²) in [7, 11) is 1.64. The lowest BCUT2D eigenvalue weighted by atomic mass is 10.2. The minimum atomic E-state index is -0.509. The van der Waals surface area contributed by atoms with Crippen LogP contribution in [0.4, 0.5) is 5.69 Å². The number of nitrogens with one attached hydrogen (secondary N) is 1. The van der Waals surface area contributed by atoms with Crippen molar-refractivity contribution in [1.82, 2.24) is 19.2 Å². The van der Waals surface area contributed by atoms with Gasteiger partial charge in [-0.05, 0) is 31.2 Å². The van der Waals surface area contributed by atoms with Gasteiger partial charge in [0.2, 0.25) is 11.7 Å². The molecule has 144 valence electrons. The molecule has 0 fully saturated rings. The summed E-state index contributed by atoms with van der Waals surface area (Å²) in [5.74, 6) is 0.141. The summed E-state index contributed by atoms with van der Waals surface area (Å²) in [5.41, 5.74) is 1.38. The summed E-state index contributed by atoms with van der Waals surface area (Å²) < 4.78 is 3.21. The normalized spacial score (nSPS) is 12.0. The summed E-state index contributed by atoms with van der Waals surface area (Å²) >= 11 is 1.23. The summed E-state index contributed by atoms with van der Waals surface area (Å²) in [6, 6.07) is 16.1. The zero-order valence-electron chi connectivity index (χ0n) is 15.7. The Bertz CT molecular complexity index is 1350. The van der Waals surface area contributed by atoms with Gasteiger partial charge in [-0.25, -0.2) is 0 Å². The molecule has 1 N–H and O–H groups in total. The number of amides is 1. The van der Waals surface area contributed by atoms with Crippen LogP contribution in [0.3, 0.4) is 0 Å². The molecule has 2 heterocycles. The van der Waals surface area contributed by atoms with E-state index < -0.39 is 5.25 Å². The molecule has 29 heavy (non-hydrogen) atoms. The van der Waals surface area contributed by atoms with E-state index in [0.29, 0.717) is 33.1 Å². The van der Waals surface area contributed by atoms with Crippen LogP contribution < -0.4 is 10.9 Å². The monoisotopic (exact) mass is 404 g/mol. The van der Waals surface area contributed by atoms with Crippen LogP contribution in [-0.2, 0) is 11.8 Å². The van der Waals surface area contributed by atoms with Crippen LogP contribution in [0, 0.1) is 11.3 Å². The molecule has 1 amide bonds. The van der Waals surface area contributed by atoms with Crippen molar-refractivity contribution < 1.29 is 4.79 Å². The topological polar surface area (TPSA) is 105 Å². The maximum atomic E-state index is 12.7. The Kier molecular flexibility index (Phi) is 4.78. The quantitative estimate of drug-likeness (QED) is 0.524. The molecule has 2 aromatic heterocycles. The predicted molar refractivity (Wildman–Crippen MR) is 111 cm³/mol.